The van der Waals surface area contributed by atoms with E-state index in [0.717, 1.165) is 28.9 Å². The molecule has 0 aliphatic carbocycles. The molecule has 1 N–H and O–H groups in total. The summed E-state index contributed by atoms with van der Waals surface area (Å²) in [5.74, 6) is 0.546. The SMILES string of the molecule is O=c1[nH]c(-c2cccnc2)nc2c1CCN(Cc1cccc(Cl)c1Cl)C2. The predicted octanol–water partition coefficient (Wildman–Crippen LogP) is 3.70. The summed E-state index contributed by atoms with van der Waals surface area (Å²) in [5.41, 5.74) is 3.25. The van der Waals surface area contributed by atoms with Gasteiger partial charge in [-0.05, 0) is 30.2 Å². The molecule has 0 fully saturated rings. The van der Waals surface area contributed by atoms with Crippen LogP contribution in [0.3, 0.4) is 0 Å². The molecule has 7 heteroatoms. The molecule has 0 bridgehead atoms. The molecular weight excluding hydrogens is 371 g/mol. The molecule has 0 saturated heterocycles. The van der Waals surface area contributed by atoms with Crippen molar-refractivity contribution in [2.45, 2.75) is 19.5 Å². The summed E-state index contributed by atoms with van der Waals surface area (Å²) in [7, 11) is 0. The highest BCUT2D eigenvalue weighted by atomic mass is 35.5. The zero-order chi connectivity index (χ0) is 18.1. The van der Waals surface area contributed by atoms with E-state index in [0.29, 0.717) is 35.4 Å². The Balaban J connectivity index is 1.63. The monoisotopic (exact) mass is 386 g/mol. The third kappa shape index (κ3) is 3.38. The van der Waals surface area contributed by atoms with Gasteiger partial charge in [0.05, 0.1) is 15.7 Å². The molecule has 1 aliphatic heterocycles. The fraction of sp³-hybridized carbons (Fsp3) is 0.211. The second kappa shape index (κ2) is 7.19. The summed E-state index contributed by atoms with van der Waals surface area (Å²) in [4.78, 5) is 26.3. The van der Waals surface area contributed by atoms with Gasteiger partial charge < -0.3 is 4.98 Å². The fourth-order valence-electron chi connectivity index (χ4n) is 3.18. The van der Waals surface area contributed by atoms with Gasteiger partial charge in [0.1, 0.15) is 5.82 Å². The van der Waals surface area contributed by atoms with E-state index in [2.05, 4.69) is 19.9 Å². The number of nitrogens with zero attached hydrogens (tertiary/aromatic N) is 3. The molecule has 1 aromatic carbocycles. The number of halogens is 2. The summed E-state index contributed by atoms with van der Waals surface area (Å²) in [6.45, 7) is 2.03. The number of aromatic amines is 1. The highest BCUT2D eigenvalue weighted by Crippen LogP contribution is 2.28. The lowest BCUT2D eigenvalue weighted by Crippen LogP contribution is -2.35. The van der Waals surface area contributed by atoms with Crippen LogP contribution >= 0.6 is 23.2 Å². The van der Waals surface area contributed by atoms with Crippen LogP contribution in [0.2, 0.25) is 10.0 Å². The molecule has 26 heavy (non-hydrogen) atoms. The second-order valence-electron chi connectivity index (χ2n) is 6.26. The molecule has 2 aromatic heterocycles. The van der Waals surface area contributed by atoms with Crippen molar-refractivity contribution in [2.24, 2.45) is 0 Å². The Labute approximate surface area is 160 Å². The lowest BCUT2D eigenvalue weighted by Gasteiger charge is -2.28. The van der Waals surface area contributed by atoms with Crippen molar-refractivity contribution in [1.29, 1.82) is 0 Å². The van der Waals surface area contributed by atoms with Crippen molar-refractivity contribution in [2.75, 3.05) is 6.54 Å². The van der Waals surface area contributed by atoms with E-state index in [-0.39, 0.29) is 5.56 Å². The first-order valence-electron chi connectivity index (χ1n) is 8.29. The third-order valence-corrected chi connectivity index (χ3v) is 5.37. The normalized spacial score (nSPS) is 14.2. The number of pyridine rings is 1. The van der Waals surface area contributed by atoms with E-state index in [1.165, 1.54) is 0 Å². The van der Waals surface area contributed by atoms with Crippen LogP contribution in [0.1, 0.15) is 16.8 Å². The maximum absolute atomic E-state index is 12.4. The molecule has 3 aromatic rings. The number of hydrogen-bond acceptors (Lipinski definition) is 4. The lowest BCUT2D eigenvalue weighted by atomic mass is 10.1. The Morgan fingerprint density at radius 2 is 2.08 bits per heavy atom. The van der Waals surface area contributed by atoms with Gasteiger partial charge in [-0.2, -0.15) is 0 Å². The third-order valence-electron chi connectivity index (χ3n) is 4.51. The zero-order valence-corrected chi connectivity index (χ0v) is 15.4. The number of benzene rings is 1. The summed E-state index contributed by atoms with van der Waals surface area (Å²) in [6.07, 6.45) is 4.04. The van der Waals surface area contributed by atoms with Crippen LogP contribution in [0.4, 0.5) is 0 Å². The number of fused-ring (bicyclic) bond motifs is 1. The Bertz CT molecular complexity index is 1000. The van der Waals surface area contributed by atoms with Gasteiger partial charge in [-0.3, -0.25) is 14.7 Å². The van der Waals surface area contributed by atoms with E-state index in [1.54, 1.807) is 18.5 Å². The largest absolute Gasteiger partial charge is 0.306 e. The van der Waals surface area contributed by atoms with Crippen LogP contribution in [0.15, 0.2) is 47.5 Å². The number of aromatic nitrogens is 3. The summed E-state index contributed by atoms with van der Waals surface area (Å²) < 4.78 is 0. The molecule has 5 nitrogen and oxygen atoms in total. The van der Waals surface area contributed by atoms with E-state index in [9.17, 15) is 4.79 Å². The molecule has 0 atom stereocenters. The van der Waals surface area contributed by atoms with Gasteiger partial charge in [0.2, 0.25) is 0 Å². The molecule has 0 amide bonds. The summed E-state index contributed by atoms with van der Waals surface area (Å²) in [5, 5.41) is 1.13. The lowest BCUT2D eigenvalue weighted by molar-refractivity contribution is 0.240. The Hall–Kier alpha value is -2.21. The van der Waals surface area contributed by atoms with Gasteiger partial charge in [0, 0.05) is 43.2 Å². The zero-order valence-electron chi connectivity index (χ0n) is 13.9. The highest BCUT2D eigenvalue weighted by molar-refractivity contribution is 6.42. The first-order chi connectivity index (χ1) is 12.6. The van der Waals surface area contributed by atoms with Gasteiger partial charge in [0.25, 0.3) is 5.56 Å². The van der Waals surface area contributed by atoms with Crippen LogP contribution in [-0.4, -0.2) is 26.4 Å². The van der Waals surface area contributed by atoms with Crippen LogP contribution in [0, 0.1) is 0 Å². The van der Waals surface area contributed by atoms with E-state index in [4.69, 9.17) is 23.2 Å². The predicted molar refractivity (Wildman–Crippen MR) is 102 cm³/mol. The van der Waals surface area contributed by atoms with Gasteiger partial charge in [-0.15, -0.1) is 0 Å². The van der Waals surface area contributed by atoms with Gasteiger partial charge in [0.15, 0.2) is 0 Å². The maximum Gasteiger partial charge on any atom is 0.254 e. The standard InChI is InChI=1S/C19H16Cl2N4O/c20-15-5-1-3-13(17(15)21)10-25-8-6-14-16(11-25)23-18(24-19(14)26)12-4-2-7-22-9-12/h1-5,7,9H,6,8,10-11H2,(H,23,24,26). The van der Waals surface area contributed by atoms with E-state index < -0.39 is 0 Å². The second-order valence-corrected chi connectivity index (χ2v) is 7.04. The van der Waals surface area contributed by atoms with Crippen molar-refractivity contribution < 1.29 is 0 Å². The first kappa shape index (κ1) is 17.2. The maximum atomic E-state index is 12.4. The minimum Gasteiger partial charge on any atom is -0.306 e. The van der Waals surface area contributed by atoms with Gasteiger partial charge >= 0.3 is 0 Å². The van der Waals surface area contributed by atoms with Crippen LogP contribution in [0.25, 0.3) is 11.4 Å². The smallest absolute Gasteiger partial charge is 0.254 e. The number of H-pyrrole nitrogens is 1. The minimum absolute atomic E-state index is 0.0747. The van der Waals surface area contributed by atoms with Crippen molar-refractivity contribution in [3.05, 3.63) is 79.9 Å². The van der Waals surface area contributed by atoms with Gasteiger partial charge in [-0.25, -0.2) is 4.98 Å². The van der Waals surface area contributed by atoms with Crippen molar-refractivity contribution in [3.8, 4) is 11.4 Å². The minimum atomic E-state index is -0.0747. The first-order valence-corrected chi connectivity index (χ1v) is 9.05. The highest BCUT2D eigenvalue weighted by Gasteiger charge is 2.22. The molecule has 3 heterocycles. The molecule has 132 valence electrons. The average molecular weight is 387 g/mol. The quantitative estimate of drug-likeness (QED) is 0.745. The van der Waals surface area contributed by atoms with Crippen molar-refractivity contribution in [1.82, 2.24) is 19.9 Å². The summed E-state index contributed by atoms with van der Waals surface area (Å²) in [6, 6.07) is 9.34. The molecule has 1 aliphatic rings. The molecular formula is C19H16Cl2N4O. The Morgan fingerprint density at radius 1 is 1.19 bits per heavy atom. The molecule has 0 unspecified atom stereocenters. The topological polar surface area (TPSA) is 61.9 Å². The number of rotatable bonds is 3. The average Bonchev–Trinajstić information content (AvgIpc) is 2.66. The van der Waals surface area contributed by atoms with E-state index >= 15 is 0 Å². The number of hydrogen-bond donors (Lipinski definition) is 1. The summed E-state index contributed by atoms with van der Waals surface area (Å²) >= 11 is 12.4. The van der Waals surface area contributed by atoms with E-state index in [1.807, 2.05) is 24.3 Å². The Kier molecular flexibility index (Phi) is 4.76. The van der Waals surface area contributed by atoms with Crippen LogP contribution < -0.4 is 5.56 Å². The van der Waals surface area contributed by atoms with Crippen LogP contribution in [-0.2, 0) is 19.5 Å². The van der Waals surface area contributed by atoms with Crippen LogP contribution in [0.5, 0.6) is 0 Å². The molecule has 0 radical (unpaired) electrons. The number of nitrogens with one attached hydrogen (secondary N) is 1. The van der Waals surface area contributed by atoms with Gasteiger partial charge in [-0.1, -0.05) is 35.3 Å². The molecule has 0 saturated carbocycles. The molecule has 4 rings (SSSR count). The molecule has 0 spiro atoms. The Morgan fingerprint density at radius 3 is 2.88 bits per heavy atom. The van der Waals surface area contributed by atoms with Crippen molar-refractivity contribution >= 4 is 23.2 Å². The van der Waals surface area contributed by atoms with Crippen molar-refractivity contribution in [3.63, 3.8) is 0 Å². The fourth-order valence-corrected chi connectivity index (χ4v) is 3.56.